The van der Waals surface area contributed by atoms with Gasteiger partial charge in [0, 0.05) is 11.8 Å². The van der Waals surface area contributed by atoms with Crippen molar-refractivity contribution in [2.45, 2.75) is 19.3 Å². The molecule has 0 saturated heterocycles. The van der Waals surface area contributed by atoms with Gasteiger partial charge in [-0.05, 0) is 31.0 Å². The number of nitrogens with one attached hydrogen (secondary N) is 1. The highest BCUT2D eigenvalue weighted by Gasteiger charge is 2.44. The summed E-state index contributed by atoms with van der Waals surface area (Å²) in [6, 6.07) is 4.05. The SMILES string of the molecule is N=C(N)CC1(COc2ccc(F)cc2Cl)CC1. The van der Waals surface area contributed by atoms with Crippen LogP contribution in [-0.2, 0) is 0 Å². The number of hydrogen-bond donors (Lipinski definition) is 2. The van der Waals surface area contributed by atoms with Gasteiger partial charge in [-0.15, -0.1) is 0 Å². The predicted molar refractivity (Wildman–Crippen MR) is 65.1 cm³/mol. The first-order valence-corrected chi connectivity index (χ1v) is 5.79. The molecule has 1 aliphatic carbocycles. The first kappa shape index (κ1) is 12.2. The molecular weight excluding hydrogens is 243 g/mol. The Morgan fingerprint density at radius 1 is 1.53 bits per heavy atom. The van der Waals surface area contributed by atoms with Crippen LogP contribution in [0.25, 0.3) is 0 Å². The molecule has 0 aromatic heterocycles. The van der Waals surface area contributed by atoms with E-state index in [1.165, 1.54) is 18.2 Å². The molecule has 2 rings (SSSR count). The van der Waals surface area contributed by atoms with E-state index < -0.39 is 0 Å². The van der Waals surface area contributed by atoms with Crippen LogP contribution in [0.15, 0.2) is 18.2 Å². The van der Waals surface area contributed by atoms with Crippen molar-refractivity contribution >= 4 is 17.4 Å². The average Bonchev–Trinajstić information content (AvgIpc) is 2.96. The van der Waals surface area contributed by atoms with Crippen molar-refractivity contribution in [3.63, 3.8) is 0 Å². The number of nitrogens with two attached hydrogens (primary N) is 1. The van der Waals surface area contributed by atoms with Crippen LogP contribution in [0.1, 0.15) is 19.3 Å². The van der Waals surface area contributed by atoms with Crippen LogP contribution < -0.4 is 10.5 Å². The molecule has 1 aromatic carbocycles. The van der Waals surface area contributed by atoms with Crippen molar-refractivity contribution in [3.05, 3.63) is 29.0 Å². The van der Waals surface area contributed by atoms with Crippen LogP contribution in [0.5, 0.6) is 5.75 Å². The van der Waals surface area contributed by atoms with Crippen molar-refractivity contribution in [3.8, 4) is 5.75 Å². The molecule has 0 amide bonds. The highest BCUT2D eigenvalue weighted by molar-refractivity contribution is 6.32. The van der Waals surface area contributed by atoms with Gasteiger partial charge in [0.1, 0.15) is 11.6 Å². The van der Waals surface area contributed by atoms with Crippen LogP contribution in [0.3, 0.4) is 0 Å². The summed E-state index contributed by atoms with van der Waals surface area (Å²) in [5.74, 6) is 0.270. The predicted octanol–water partition coefficient (Wildman–Crippen LogP) is 2.96. The van der Waals surface area contributed by atoms with Crippen LogP contribution in [-0.4, -0.2) is 12.4 Å². The monoisotopic (exact) mass is 256 g/mol. The summed E-state index contributed by atoms with van der Waals surface area (Å²) >= 11 is 5.85. The smallest absolute Gasteiger partial charge is 0.138 e. The molecule has 1 saturated carbocycles. The largest absolute Gasteiger partial charge is 0.491 e. The Kier molecular flexibility index (Phi) is 3.24. The van der Waals surface area contributed by atoms with E-state index in [0.29, 0.717) is 18.8 Å². The standard InChI is InChI=1S/C12H14ClFN2O/c13-9-5-8(14)1-2-10(9)17-7-12(3-4-12)6-11(15)16/h1-2,5H,3-4,6-7H2,(H3,15,16). The summed E-state index contributed by atoms with van der Waals surface area (Å²) in [7, 11) is 0. The zero-order chi connectivity index (χ0) is 12.5. The Labute approximate surface area is 104 Å². The number of amidine groups is 1. The van der Waals surface area contributed by atoms with Crippen molar-refractivity contribution in [1.82, 2.24) is 0 Å². The zero-order valence-electron chi connectivity index (χ0n) is 9.30. The van der Waals surface area contributed by atoms with Gasteiger partial charge >= 0.3 is 0 Å². The first-order valence-electron chi connectivity index (χ1n) is 5.42. The number of ether oxygens (including phenoxy) is 1. The lowest BCUT2D eigenvalue weighted by atomic mass is 10.0. The van der Waals surface area contributed by atoms with Gasteiger partial charge in [-0.3, -0.25) is 5.41 Å². The second-order valence-electron chi connectivity index (χ2n) is 4.57. The van der Waals surface area contributed by atoms with E-state index in [2.05, 4.69) is 0 Å². The molecule has 0 atom stereocenters. The Morgan fingerprint density at radius 2 is 2.24 bits per heavy atom. The second kappa shape index (κ2) is 4.53. The van der Waals surface area contributed by atoms with E-state index in [4.69, 9.17) is 27.5 Å². The third kappa shape index (κ3) is 3.09. The van der Waals surface area contributed by atoms with Gasteiger partial charge in [0.2, 0.25) is 0 Å². The molecule has 3 N–H and O–H groups in total. The van der Waals surface area contributed by atoms with E-state index in [0.717, 1.165) is 12.8 Å². The van der Waals surface area contributed by atoms with Crippen LogP contribution in [0.2, 0.25) is 5.02 Å². The maximum atomic E-state index is 12.8. The summed E-state index contributed by atoms with van der Waals surface area (Å²) in [6.45, 7) is 0.470. The van der Waals surface area contributed by atoms with Gasteiger partial charge in [-0.2, -0.15) is 0 Å². The Balaban J connectivity index is 1.96. The van der Waals surface area contributed by atoms with Gasteiger partial charge in [0.25, 0.3) is 0 Å². The molecule has 0 bridgehead atoms. The van der Waals surface area contributed by atoms with Crippen molar-refractivity contribution in [2.75, 3.05) is 6.61 Å². The third-order valence-corrected chi connectivity index (χ3v) is 3.25. The molecule has 1 aromatic rings. The third-order valence-electron chi connectivity index (χ3n) is 2.95. The Hall–Kier alpha value is -1.29. The van der Waals surface area contributed by atoms with Crippen LogP contribution in [0, 0.1) is 16.6 Å². The average molecular weight is 257 g/mol. The molecular formula is C12H14ClFN2O. The summed E-state index contributed by atoms with van der Waals surface area (Å²) in [5, 5.41) is 7.56. The molecule has 0 radical (unpaired) electrons. The number of hydrogen-bond acceptors (Lipinski definition) is 2. The van der Waals surface area contributed by atoms with Gasteiger partial charge in [0.05, 0.1) is 17.5 Å². The maximum Gasteiger partial charge on any atom is 0.138 e. The summed E-state index contributed by atoms with van der Waals surface area (Å²) < 4.78 is 18.4. The summed E-state index contributed by atoms with van der Waals surface area (Å²) in [5.41, 5.74) is 5.38. The molecule has 0 heterocycles. The topological polar surface area (TPSA) is 59.1 Å². The molecule has 17 heavy (non-hydrogen) atoms. The zero-order valence-corrected chi connectivity index (χ0v) is 10.1. The lowest BCUT2D eigenvalue weighted by Gasteiger charge is -2.16. The number of halogens is 2. The molecule has 0 aliphatic heterocycles. The van der Waals surface area contributed by atoms with E-state index in [9.17, 15) is 4.39 Å². The molecule has 1 fully saturated rings. The molecule has 92 valence electrons. The van der Waals surface area contributed by atoms with E-state index in [1.54, 1.807) is 0 Å². The fourth-order valence-corrected chi connectivity index (χ4v) is 2.00. The second-order valence-corrected chi connectivity index (χ2v) is 4.97. The quantitative estimate of drug-likeness (QED) is 0.629. The van der Waals surface area contributed by atoms with E-state index >= 15 is 0 Å². The Bertz CT molecular complexity index is 446. The summed E-state index contributed by atoms with van der Waals surface area (Å²) in [6.07, 6.45) is 2.56. The molecule has 5 heteroatoms. The van der Waals surface area contributed by atoms with Gasteiger partial charge in [0.15, 0.2) is 0 Å². The minimum Gasteiger partial charge on any atom is -0.491 e. The van der Waals surface area contributed by atoms with Crippen molar-refractivity contribution in [1.29, 1.82) is 5.41 Å². The van der Waals surface area contributed by atoms with E-state index in [-0.39, 0.29) is 22.1 Å². The Morgan fingerprint density at radius 3 is 2.76 bits per heavy atom. The van der Waals surface area contributed by atoms with Crippen molar-refractivity contribution < 1.29 is 9.13 Å². The number of rotatable bonds is 5. The van der Waals surface area contributed by atoms with Gasteiger partial charge < -0.3 is 10.5 Å². The fourth-order valence-electron chi connectivity index (χ4n) is 1.78. The number of benzene rings is 1. The lowest BCUT2D eigenvalue weighted by Crippen LogP contribution is -2.21. The normalized spacial score (nSPS) is 16.6. The highest BCUT2D eigenvalue weighted by atomic mass is 35.5. The van der Waals surface area contributed by atoms with Gasteiger partial charge in [-0.25, -0.2) is 4.39 Å². The molecule has 0 unspecified atom stereocenters. The van der Waals surface area contributed by atoms with Crippen molar-refractivity contribution in [2.24, 2.45) is 11.1 Å². The molecule has 1 aliphatic rings. The minimum atomic E-state index is -0.382. The van der Waals surface area contributed by atoms with Crippen LogP contribution >= 0.6 is 11.6 Å². The van der Waals surface area contributed by atoms with Crippen LogP contribution in [0.4, 0.5) is 4.39 Å². The van der Waals surface area contributed by atoms with Gasteiger partial charge in [-0.1, -0.05) is 11.6 Å². The van der Waals surface area contributed by atoms with E-state index in [1.807, 2.05) is 0 Å². The molecule has 0 spiro atoms. The molecule has 3 nitrogen and oxygen atoms in total. The fraction of sp³-hybridized carbons (Fsp3) is 0.417. The summed E-state index contributed by atoms with van der Waals surface area (Å²) in [4.78, 5) is 0. The lowest BCUT2D eigenvalue weighted by molar-refractivity contribution is 0.238. The maximum absolute atomic E-state index is 12.8. The first-order chi connectivity index (χ1) is 8.01. The highest BCUT2D eigenvalue weighted by Crippen LogP contribution is 2.49. The minimum absolute atomic E-state index is 0.0104.